The van der Waals surface area contributed by atoms with E-state index in [9.17, 15) is 0 Å². The molecule has 0 aromatic heterocycles. The normalized spacial score (nSPS) is 17.4. The summed E-state index contributed by atoms with van der Waals surface area (Å²) in [5.41, 5.74) is 0.878. The molecule has 2 rings (SSSR count). The maximum atomic E-state index is 6.08. The first-order valence-electron chi connectivity index (χ1n) is 6.00. The molecule has 0 N–H and O–H groups in total. The molecule has 0 atom stereocenters. The van der Waals surface area contributed by atoms with Crippen molar-refractivity contribution in [2.75, 3.05) is 13.1 Å². The van der Waals surface area contributed by atoms with E-state index in [1.54, 1.807) is 18.3 Å². The number of halogens is 2. The minimum Gasteiger partial charge on any atom is -0.297 e. The zero-order chi connectivity index (χ0) is 12.1. The molecule has 0 radical (unpaired) electrons. The van der Waals surface area contributed by atoms with E-state index in [0.29, 0.717) is 10.0 Å². The topological polar surface area (TPSA) is 15.6 Å². The monoisotopic (exact) mass is 270 g/mol. The number of hydrogen-bond donors (Lipinski definition) is 0. The van der Waals surface area contributed by atoms with Crippen LogP contribution in [0.2, 0.25) is 10.0 Å². The average Bonchev–Trinajstić information content (AvgIpc) is 2.59. The van der Waals surface area contributed by atoms with E-state index in [4.69, 9.17) is 23.2 Å². The predicted molar refractivity (Wildman–Crippen MR) is 74.1 cm³/mol. The van der Waals surface area contributed by atoms with Gasteiger partial charge in [0.15, 0.2) is 0 Å². The van der Waals surface area contributed by atoms with Crippen LogP contribution in [0.5, 0.6) is 0 Å². The standard InChI is InChI=1S/C13H16Cl2N2/c14-12-5-6-13(15)11(9-12)10-16-17-7-3-1-2-4-8-17/h5-6,9-10H,1-4,7-8H2/b16-10+. The van der Waals surface area contributed by atoms with Crippen molar-refractivity contribution in [1.82, 2.24) is 5.01 Å². The van der Waals surface area contributed by atoms with Crippen LogP contribution in [-0.4, -0.2) is 24.3 Å². The molecule has 1 heterocycles. The largest absolute Gasteiger partial charge is 0.297 e. The lowest BCUT2D eigenvalue weighted by Gasteiger charge is -2.15. The van der Waals surface area contributed by atoms with E-state index in [1.807, 2.05) is 6.07 Å². The van der Waals surface area contributed by atoms with Gasteiger partial charge < -0.3 is 0 Å². The number of rotatable bonds is 2. The molecule has 0 unspecified atom stereocenters. The summed E-state index contributed by atoms with van der Waals surface area (Å²) in [4.78, 5) is 0. The minimum atomic E-state index is 0.687. The second-order valence-corrected chi connectivity index (χ2v) is 5.12. The SMILES string of the molecule is Clc1ccc(Cl)c(/C=N/N2CCCCCC2)c1. The Balaban J connectivity index is 2.05. The van der Waals surface area contributed by atoms with Crippen LogP contribution < -0.4 is 0 Å². The van der Waals surface area contributed by atoms with Gasteiger partial charge in [-0.2, -0.15) is 5.10 Å². The van der Waals surface area contributed by atoms with Gasteiger partial charge in [-0.3, -0.25) is 5.01 Å². The zero-order valence-corrected chi connectivity index (χ0v) is 11.2. The van der Waals surface area contributed by atoms with Crippen LogP contribution in [0.3, 0.4) is 0 Å². The summed E-state index contributed by atoms with van der Waals surface area (Å²) in [6.45, 7) is 2.07. The fourth-order valence-electron chi connectivity index (χ4n) is 1.93. The molecule has 1 aliphatic rings. The Labute approximate surface area is 112 Å². The lowest BCUT2D eigenvalue weighted by atomic mass is 10.2. The van der Waals surface area contributed by atoms with Crippen LogP contribution in [0.15, 0.2) is 23.3 Å². The van der Waals surface area contributed by atoms with Crippen LogP contribution in [0.25, 0.3) is 0 Å². The first kappa shape index (κ1) is 12.7. The van der Waals surface area contributed by atoms with E-state index in [-0.39, 0.29) is 0 Å². The van der Waals surface area contributed by atoms with Gasteiger partial charge in [0.1, 0.15) is 0 Å². The molecule has 1 aromatic rings. The summed E-state index contributed by atoms with van der Waals surface area (Å²) in [5.74, 6) is 0. The van der Waals surface area contributed by atoms with Gasteiger partial charge in [-0.05, 0) is 31.0 Å². The van der Waals surface area contributed by atoms with Crippen molar-refractivity contribution in [2.45, 2.75) is 25.7 Å². The first-order chi connectivity index (χ1) is 8.25. The van der Waals surface area contributed by atoms with Crippen molar-refractivity contribution < 1.29 is 0 Å². The van der Waals surface area contributed by atoms with Crippen LogP contribution in [0.1, 0.15) is 31.2 Å². The Kier molecular flexibility index (Phi) is 4.69. The van der Waals surface area contributed by atoms with Gasteiger partial charge in [0, 0.05) is 28.7 Å². The Bertz CT molecular complexity index is 396. The molecule has 0 bridgehead atoms. The zero-order valence-electron chi connectivity index (χ0n) is 9.70. The summed E-state index contributed by atoms with van der Waals surface area (Å²) < 4.78 is 0. The molecule has 2 nitrogen and oxygen atoms in total. The summed E-state index contributed by atoms with van der Waals surface area (Å²) in [5, 5.41) is 7.97. The fraction of sp³-hybridized carbons (Fsp3) is 0.462. The number of benzene rings is 1. The van der Waals surface area contributed by atoms with Crippen LogP contribution in [0, 0.1) is 0 Å². The predicted octanol–water partition coefficient (Wildman–Crippen LogP) is 4.20. The summed E-state index contributed by atoms with van der Waals surface area (Å²) in [6.07, 6.45) is 6.87. The highest BCUT2D eigenvalue weighted by Gasteiger charge is 2.05. The van der Waals surface area contributed by atoms with Gasteiger partial charge in [0.25, 0.3) is 0 Å². The smallest absolute Gasteiger partial charge is 0.0558 e. The number of nitrogens with zero attached hydrogens (tertiary/aromatic N) is 2. The second-order valence-electron chi connectivity index (χ2n) is 4.28. The highest BCUT2D eigenvalue weighted by atomic mass is 35.5. The van der Waals surface area contributed by atoms with Gasteiger partial charge in [-0.25, -0.2) is 0 Å². The van der Waals surface area contributed by atoms with E-state index < -0.39 is 0 Å². The maximum absolute atomic E-state index is 6.08. The Hall–Kier alpha value is -0.730. The molecule has 17 heavy (non-hydrogen) atoms. The minimum absolute atomic E-state index is 0.687. The summed E-state index contributed by atoms with van der Waals surface area (Å²) >= 11 is 12.0. The number of hydrazone groups is 1. The van der Waals surface area contributed by atoms with E-state index >= 15 is 0 Å². The maximum Gasteiger partial charge on any atom is 0.0558 e. The van der Waals surface area contributed by atoms with Crippen molar-refractivity contribution in [3.05, 3.63) is 33.8 Å². The second kappa shape index (κ2) is 6.27. The third-order valence-corrected chi connectivity index (χ3v) is 3.48. The van der Waals surface area contributed by atoms with Gasteiger partial charge in [-0.1, -0.05) is 36.0 Å². The van der Waals surface area contributed by atoms with Crippen LogP contribution in [-0.2, 0) is 0 Å². The van der Waals surface area contributed by atoms with Crippen molar-refractivity contribution in [3.8, 4) is 0 Å². The van der Waals surface area contributed by atoms with E-state index in [0.717, 1.165) is 18.7 Å². The van der Waals surface area contributed by atoms with Crippen LogP contribution in [0.4, 0.5) is 0 Å². The fourth-order valence-corrected chi connectivity index (χ4v) is 2.27. The lowest BCUT2D eigenvalue weighted by Crippen LogP contribution is -2.18. The average molecular weight is 271 g/mol. The quantitative estimate of drug-likeness (QED) is 0.736. The third kappa shape index (κ3) is 3.90. The molecule has 0 aliphatic carbocycles. The molecular weight excluding hydrogens is 255 g/mol. The van der Waals surface area contributed by atoms with Crippen molar-refractivity contribution in [1.29, 1.82) is 0 Å². The number of hydrogen-bond acceptors (Lipinski definition) is 2. The first-order valence-corrected chi connectivity index (χ1v) is 6.75. The highest BCUT2D eigenvalue weighted by molar-refractivity contribution is 6.35. The molecule has 0 spiro atoms. The molecule has 1 aromatic carbocycles. The van der Waals surface area contributed by atoms with Gasteiger partial charge in [0.2, 0.25) is 0 Å². The van der Waals surface area contributed by atoms with E-state index in [2.05, 4.69) is 10.1 Å². The molecule has 0 saturated carbocycles. The summed E-state index contributed by atoms with van der Waals surface area (Å²) in [6, 6.07) is 5.42. The van der Waals surface area contributed by atoms with Crippen molar-refractivity contribution >= 4 is 29.4 Å². The molecule has 1 aliphatic heterocycles. The summed E-state index contributed by atoms with van der Waals surface area (Å²) in [7, 11) is 0. The molecule has 0 amide bonds. The Morgan fingerprint density at radius 3 is 2.47 bits per heavy atom. The van der Waals surface area contributed by atoms with Gasteiger partial charge in [-0.15, -0.1) is 0 Å². The third-order valence-electron chi connectivity index (χ3n) is 2.90. The molecule has 92 valence electrons. The lowest BCUT2D eigenvalue weighted by molar-refractivity contribution is 0.302. The Morgan fingerprint density at radius 2 is 1.76 bits per heavy atom. The van der Waals surface area contributed by atoms with Crippen molar-refractivity contribution in [3.63, 3.8) is 0 Å². The van der Waals surface area contributed by atoms with Crippen molar-refractivity contribution in [2.24, 2.45) is 5.10 Å². The molecule has 1 fully saturated rings. The molecule has 1 saturated heterocycles. The van der Waals surface area contributed by atoms with Gasteiger partial charge >= 0.3 is 0 Å². The highest BCUT2D eigenvalue weighted by Crippen LogP contribution is 2.19. The Morgan fingerprint density at radius 1 is 1.06 bits per heavy atom. The van der Waals surface area contributed by atoms with E-state index in [1.165, 1.54) is 25.7 Å². The van der Waals surface area contributed by atoms with Gasteiger partial charge in [0.05, 0.1) is 6.21 Å². The molecule has 4 heteroatoms. The molecular formula is C13H16Cl2N2. The van der Waals surface area contributed by atoms with Crippen LogP contribution >= 0.6 is 23.2 Å².